The molecule has 0 fully saturated rings. The first-order valence-corrected chi connectivity index (χ1v) is 5.69. The molecule has 0 aliphatic rings. The van der Waals surface area contributed by atoms with Gasteiger partial charge in [0.25, 0.3) is 0 Å². The minimum Gasteiger partial charge on any atom is -0.286 e. The average molecular weight is 220 g/mol. The van der Waals surface area contributed by atoms with E-state index >= 15 is 0 Å². The van der Waals surface area contributed by atoms with Crippen molar-refractivity contribution in [1.82, 2.24) is 5.43 Å². The highest BCUT2D eigenvalue weighted by atomic mass is 16.2. The van der Waals surface area contributed by atoms with E-state index in [1.54, 1.807) is 0 Å². The Hall–Kier alpha value is -1.51. The number of para-hydroxylation sites is 1. The van der Waals surface area contributed by atoms with E-state index in [0.29, 0.717) is 5.92 Å². The lowest BCUT2D eigenvalue weighted by molar-refractivity contribution is -0.119. The molecule has 0 saturated heterocycles. The number of carbonyl (C=O) groups excluding carboxylic acids is 1. The number of anilines is 1. The van der Waals surface area contributed by atoms with Crippen molar-refractivity contribution in [3.8, 4) is 0 Å². The van der Waals surface area contributed by atoms with Crippen LogP contribution < -0.4 is 10.4 Å². The van der Waals surface area contributed by atoms with Gasteiger partial charge in [0.2, 0.25) is 5.91 Å². The van der Waals surface area contributed by atoms with Gasteiger partial charge in [-0.3, -0.25) is 15.2 Å². The van der Waals surface area contributed by atoms with Gasteiger partial charge in [0, 0.05) is 13.5 Å². The molecule has 1 aromatic rings. The smallest absolute Gasteiger partial charge is 0.235 e. The third-order valence-electron chi connectivity index (χ3n) is 2.29. The SMILES string of the molecule is CC(=O)NN(CCC(C)C)c1ccccc1. The van der Waals surface area contributed by atoms with Gasteiger partial charge >= 0.3 is 0 Å². The standard InChI is InChI=1S/C13H20N2O/c1-11(2)9-10-15(14-12(3)16)13-7-5-4-6-8-13/h4-8,11H,9-10H2,1-3H3,(H,14,16). The van der Waals surface area contributed by atoms with Crippen LogP contribution in [-0.4, -0.2) is 12.5 Å². The second kappa shape index (κ2) is 6.16. The van der Waals surface area contributed by atoms with Crippen molar-refractivity contribution < 1.29 is 4.79 Å². The van der Waals surface area contributed by atoms with Crippen molar-refractivity contribution in [3.05, 3.63) is 30.3 Å². The van der Waals surface area contributed by atoms with Crippen LogP contribution in [0.25, 0.3) is 0 Å². The van der Waals surface area contributed by atoms with E-state index in [1.807, 2.05) is 35.3 Å². The van der Waals surface area contributed by atoms with Gasteiger partial charge in [-0.1, -0.05) is 32.0 Å². The summed E-state index contributed by atoms with van der Waals surface area (Å²) in [7, 11) is 0. The predicted octanol–water partition coefficient (Wildman–Crippen LogP) is 2.59. The third-order valence-corrected chi connectivity index (χ3v) is 2.29. The zero-order chi connectivity index (χ0) is 12.0. The van der Waals surface area contributed by atoms with E-state index in [9.17, 15) is 4.79 Å². The van der Waals surface area contributed by atoms with Gasteiger partial charge in [0.1, 0.15) is 0 Å². The van der Waals surface area contributed by atoms with E-state index in [4.69, 9.17) is 0 Å². The van der Waals surface area contributed by atoms with E-state index in [2.05, 4.69) is 19.3 Å². The molecule has 1 N–H and O–H groups in total. The molecule has 16 heavy (non-hydrogen) atoms. The summed E-state index contributed by atoms with van der Waals surface area (Å²) in [5.74, 6) is 0.590. The summed E-state index contributed by atoms with van der Waals surface area (Å²) in [6, 6.07) is 9.91. The van der Waals surface area contributed by atoms with Crippen LogP contribution in [0.15, 0.2) is 30.3 Å². The monoisotopic (exact) mass is 220 g/mol. The molecule has 1 amide bonds. The Morgan fingerprint density at radius 2 is 1.94 bits per heavy atom. The predicted molar refractivity (Wildman–Crippen MR) is 67.1 cm³/mol. The maximum Gasteiger partial charge on any atom is 0.235 e. The average Bonchev–Trinajstić information content (AvgIpc) is 2.25. The Bertz CT molecular complexity index is 322. The Labute approximate surface area is 97.4 Å². The molecule has 0 spiro atoms. The first-order chi connectivity index (χ1) is 7.59. The number of rotatable bonds is 5. The molecule has 0 aromatic heterocycles. The van der Waals surface area contributed by atoms with Crippen molar-refractivity contribution in [2.24, 2.45) is 5.92 Å². The van der Waals surface area contributed by atoms with Crippen LogP contribution in [0.5, 0.6) is 0 Å². The number of nitrogens with one attached hydrogen (secondary N) is 1. The van der Waals surface area contributed by atoms with Crippen molar-refractivity contribution in [3.63, 3.8) is 0 Å². The highest BCUT2D eigenvalue weighted by molar-refractivity contribution is 5.75. The maximum absolute atomic E-state index is 11.1. The van der Waals surface area contributed by atoms with Gasteiger partial charge in [-0.25, -0.2) is 0 Å². The van der Waals surface area contributed by atoms with E-state index < -0.39 is 0 Å². The fraction of sp³-hybridized carbons (Fsp3) is 0.462. The lowest BCUT2D eigenvalue weighted by Gasteiger charge is -2.25. The van der Waals surface area contributed by atoms with Crippen LogP contribution in [0.3, 0.4) is 0 Å². The number of amides is 1. The molecule has 1 rings (SSSR count). The van der Waals surface area contributed by atoms with Crippen LogP contribution in [0.4, 0.5) is 5.69 Å². The number of hydrazine groups is 1. The molecule has 0 saturated carbocycles. The molecule has 0 radical (unpaired) electrons. The van der Waals surface area contributed by atoms with Crippen molar-refractivity contribution in [1.29, 1.82) is 0 Å². The number of benzene rings is 1. The molecule has 88 valence electrons. The summed E-state index contributed by atoms with van der Waals surface area (Å²) in [4.78, 5) is 11.1. The Kier molecular flexibility index (Phi) is 4.83. The summed E-state index contributed by atoms with van der Waals surface area (Å²) in [5.41, 5.74) is 3.87. The minimum absolute atomic E-state index is 0.0346. The van der Waals surface area contributed by atoms with Crippen LogP contribution in [0.1, 0.15) is 27.2 Å². The molecular formula is C13H20N2O. The Balaban J connectivity index is 2.67. The van der Waals surface area contributed by atoms with Gasteiger partial charge in [-0.2, -0.15) is 0 Å². The molecule has 1 aromatic carbocycles. The van der Waals surface area contributed by atoms with E-state index in [0.717, 1.165) is 18.7 Å². The van der Waals surface area contributed by atoms with Gasteiger partial charge < -0.3 is 0 Å². The fourth-order valence-electron chi connectivity index (χ4n) is 1.43. The first-order valence-electron chi connectivity index (χ1n) is 5.69. The molecule has 3 heteroatoms. The zero-order valence-electron chi connectivity index (χ0n) is 10.2. The Morgan fingerprint density at radius 3 is 2.44 bits per heavy atom. The molecule has 3 nitrogen and oxygen atoms in total. The molecular weight excluding hydrogens is 200 g/mol. The zero-order valence-corrected chi connectivity index (χ0v) is 10.2. The molecule has 0 heterocycles. The quantitative estimate of drug-likeness (QED) is 0.773. The van der Waals surface area contributed by atoms with Crippen LogP contribution in [0.2, 0.25) is 0 Å². The normalized spacial score (nSPS) is 10.2. The number of nitrogens with zero attached hydrogens (tertiary/aromatic N) is 1. The molecule has 0 aliphatic heterocycles. The maximum atomic E-state index is 11.1. The summed E-state index contributed by atoms with van der Waals surface area (Å²) in [6.07, 6.45) is 1.05. The summed E-state index contributed by atoms with van der Waals surface area (Å²) in [6.45, 7) is 6.72. The van der Waals surface area contributed by atoms with Crippen LogP contribution in [-0.2, 0) is 4.79 Å². The fourth-order valence-corrected chi connectivity index (χ4v) is 1.43. The highest BCUT2D eigenvalue weighted by Crippen LogP contribution is 2.12. The van der Waals surface area contributed by atoms with Gasteiger partial charge in [-0.15, -0.1) is 0 Å². The first kappa shape index (κ1) is 12.6. The van der Waals surface area contributed by atoms with E-state index in [-0.39, 0.29) is 5.91 Å². The second-order valence-corrected chi connectivity index (χ2v) is 4.34. The van der Waals surface area contributed by atoms with Crippen molar-refractivity contribution in [2.75, 3.05) is 11.6 Å². The van der Waals surface area contributed by atoms with Crippen molar-refractivity contribution >= 4 is 11.6 Å². The molecule has 0 aliphatic carbocycles. The lowest BCUT2D eigenvalue weighted by atomic mass is 10.1. The topological polar surface area (TPSA) is 32.3 Å². The van der Waals surface area contributed by atoms with Crippen LogP contribution in [0, 0.1) is 5.92 Å². The Morgan fingerprint density at radius 1 is 1.31 bits per heavy atom. The largest absolute Gasteiger partial charge is 0.286 e. The third kappa shape index (κ3) is 4.34. The van der Waals surface area contributed by atoms with Gasteiger partial charge in [0.15, 0.2) is 0 Å². The van der Waals surface area contributed by atoms with Gasteiger partial charge in [0.05, 0.1) is 5.69 Å². The summed E-state index contributed by atoms with van der Waals surface area (Å²) >= 11 is 0. The highest BCUT2D eigenvalue weighted by Gasteiger charge is 2.07. The molecule has 0 bridgehead atoms. The summed E-state index contributed by atoms with van der Waals surface area (Å²) < 4.78 is 0. The number of hydrogen-bond donors (Lipinski definition) is 1. The van der Waals surface area contributed by atoms with Crippen molar-refractivity contribution in [2.45, 2.75) is 27.2 Å². The second-order valence-electron chi connectivity index (χ2n) is 4.34. The molecule has 0 atom stereocenters. The summed E-state index contributed by atoms with van der Waals surface area (Å²) in [5, 5.41) is 1.91. The molecule has 0 unspecified atom stereocenters. The van der Waals surface area contributed by atoms with Crippen LogP contribution >= 0.6 is 0 Å². The van der Waals surface area contributed by atoms with E-state index in [1.165, 1.54) is 6.92 Å². The van der Waals surface area contributed by atoms with Gasteiger partial charge in [-0.05, 0) is 24.5 Å². The lowest BCUT2D eigenvalue weighted by Crippen LogP contribution is -2.42. The number of hydrogen-bond acceptors (Lipinski definition) is 2. The minimum atomic E-state index is -0.0346. The number of carbonyl (C=O) groups is 1.